The zero-order chi connectivity index (χ0) is 19.5. The Morgan fingerprint density at radius 3 is 2.85 bits per heavy atom. The van der Waals surface area contributed by atoms with E-state index in [0.717, 1.165) is 17.7 Å². The Hall–Kier alpha value is -2.35. The lowest BCUT2D eigenvalue weighted by Crippen LogP contribution is -2.58. The number of hydrogen-bond donors (Lipinski definition) is 1. The molecule has 1 aromatic carbocycles. The van der Waals surface area contributed by atoms with Gasteiger partial charge >= 0.3 is 6.18 Å². The summed E-state index contributed by atoms with van der Waals surface area (Å²) >= 11 is 0. The molecule has 2 aromatic rings. The summed E-state index contributed by atoms with van der Waals surface area (Å²) in [6.07, 6.45) is 1.42. The Balaban J connectivity index is 1.81. The first-order valence-electron chi connectivity index (χ1n) is 8.90. The number of benzene rings is 1. The molecule has 1 amide bonds. The van der Waals surface area contributed by atoms with Crippen LogP contribution in [0.15, 0.2) is 43.0 Å². The van der Waals surface area contributed by atoms with Gasteiger partial charge in [0.05, 0.1) is 6.33 Å². The minimum Gasteiger partial charge on any atom is -0.345 e. The van der Waals surface area contributed by atoms with Crippen LogP contribution in [0.5, 0.6) is 0 Å². The number of alkyl halides is 3. The molecule has 5 nitrogen and oxygen atoms in total. The van der Waals surface area contributed by atoms with Crippen molar-refractivity contribution in [2.75, 3.05) is 19.6 Å². The van der Waals surface area contributed by atoms with Crippen LogP contribution in [-0.2, 0) is 16.9 Å². The Bertz CT molecular complexity index is 776. The quantitative estimate of drug-likeness (QED) is 0.868. The standard InChI is InChI=1S/C19H23F3N4O/c1-15-4-2-5-16(10-15)11-25-8-3-6-18(13-25,26-9-7-23-14-26)17(27)24-12-19(20,21)22/h2,4-5,7,9-10,14H,3,6,8,11-13H2,1H3,(H,24,27). The summed E-state index contributed by atoms with van der Waals surface area (Å²) in [6, 6.07) is 8.09. The summed E-state index contributed by atoms with van der Waals surface area (Å²) in [5, 5.41) is 2.08. The summed E-state index contributed by atoms with van der Waals surface area (Å²) in [6.45, 7) is 2.45. The first-order valence-corrected chi connectivity index (χ1v) is 8.90. The number of halogens is 3. The number of carbonyl (C=O) groups excluding carboxylic acids is 1. The lowest BCUT2D eigenvalue weighted by molar-refractivity contribution is -0.146. The molecule has 1 aliphatic rings. The van der Waals surface area contributed by atoms with E-state index >= 15 is 0 Å². The van der Waals surface area contributed by atoms with Crippen molar-refractivity contribution in [2.24, 2.45) is 0 Å². The molecule has 0 spiro atoms. The summed E-state index contributed by atoms with van der Waals surface area (Å²) in [5.41, 5.74) is 1.17. The third-order valence-corrected chi connectivity index (χ3v) is 4.91. The SMILES string of the molecule is Cc1cccc(CN2CCCC(C(=O)NCC(F)(F)F)(n3ccnc3)C2)c1. The van der Waals surface area contributed by atoms with Gasteiger partial charge in [-0.1, -0.05) is 29.8 Å². The van der Waals surface area contributed by atoms with Crippen molar-refractivity contribution in [1.82, 2.24) is 19.8 Å². The number of amides is 1. The van der Waals surface area contributed by atoms with Gasteiger partial charge in [-0.25, -0.2) is 4.98 Å². The van der Waals surface area contributed by atoms with E-state index in [-0.39, 0.29) is 0 Å². The number of nitrogens with one attached hydrogen (secondary N) is 1. The van der Waals surface area contributed by atoms with Gasteiger partial charge in [-0.2, -0.15) is 13.2 Å². The molecule has 2 heterocycles. The molecule has 8 heteroatoms. The van der Waals surface area contributed by atoms with Crippen molar-refractivity contribution in [3.05, 3.63) is 54.1 Å². The number of rotatable bonds is 5. The lowest BCUT2D eigenvalue weighted by atomic mass is 9.87. The van der Waals surface area contributed by atoms with Crippen LogP contribution in [0.3, 0.4) is 0 Å². The maximum atomic E-state index is 12.8. The van der Waals surface area contributed by atoms with Gasteiger partial charge in [0.25, 0.3) is 0 Å². The van der Waals surface area contributed by atoms with Crippen LogP contribution < -0.4 is 5.32 Å². The topological polar surface area (TPSA) is 50.2 Å². The first kappa shape index (κ1) is 19.4. The zero-order valence-corrected chi connectivity index (χ0v) is 15.2. The van der Waals surface area contributed by atoms with Crippen LogP contribution in [0.4, 0.5) is 13.2 Å². The summed E-state index contributed by atoms with van der Waals surface area (Å²) in [5.74, 6) is -0.619. The monoisotopic (exact) mass is 380 g/mol. The summed E-state index contributed by atoms with van der Waals surface area (Å²) in [7, 11) is 0. The van der Waals surface area contributed by atoms with Crippen LogP contribution in [-0.4, -0.2) is 46.2 Å². The van der Waals surface area contributed by atoms with E-state index in [2.05, 4.69) is 21.3 Å². The molecule has 1 fully saturated rings. The highest BCUT2D eigenvalue weighted by Gasteiger charge is 2.44. The van der Waals surface area contributed by atoms with E-state index in [1.165, 1.54) is 12.5 Å². The van der Waals surface area contributed by atoms with Crippen molar-refractivity contribution in [2.45, 2.75) is 38.0 Å². The fourth-order valence-electron chi connectivity index (χ4n) is 3.70. The normalized spacial score (nSPS) is 21.2. The second kappa shape index (κ2) is 7.72. The van der Waals surface area contributed by atoms with Crippen molar-refractivity contribution >= 4 is 5.91 Å². The largest absolute Gasteiger partial charge is 0.405 e. The van der Waals surface area contributed by atoms with Gasteiger partial charge in [0.1, 0.15) is 12.1 Å². The Kier molecular flexibility index (Phi) is 5.55. The van der Waals surface area contributed by atoms with Gasteiger partial charge in [0, 0.05) is 25.5 Å². The molecule has 1 unspecified atom stereocenters. The minimum absolute atomic E-state index is 0.334. The molecule has 0 radical (unpaired) electrons. The first-order chi connectivity index (χ1) is 12.8. The number of aromatic nitrogens is 2. The fourth-order valence-corrected chi connectivity index (χ4v) is 3.70. The Morgan fingerprint density at radius 1 is 1.37 bits per heavy atom. The number of piperidine rings is 1. The van der Waals surface area contributed by atoms with Crippen molar-refractivity contribution in [1.29, 1.82) is 0 Å². The zero-order valence-electron chi connectivity index (χ0n) is 15.2. The van der Waals surface area contributed by atoms with E-state index in [4.69, 9.17) is 0 Å². The predicted molar refractivity (Wildman–Crippen MR) is 95.0 cm³/mol. The number of likely N-dealkylation sites (tertiary alicyclic amines) is 1. The average Bonchev–Trinajstić information content (AvgIpc) is 3.14. The number of imidazole rings is 1. The van der Waals surface area contributed by atoms with Crippen LogP contribution in [0.2, 0.25) is 0 Å². The van der Waals surface area contributed by atoms with Gasteiger partial charge in [-0.3, -0.25) is 9.69 Å². The highest BCUT2D eigenvalue weighted by molar-refractivity contribution is 5.85. The van der Waals surface area contributed by atoms with Crippen LogP contribution in [0, 0.1) is 6.92 Å². The van der Waals surface area contributed by atoms with E-state index in [1.54, 1.807) is 10.8 Å². The van der Waals surface area contributed by atoms with Crippen molar-refractivity contribution in [3.8, 4) is 0 Å². The predicted octanol–water partition coefficient (Wildman–Crippen LogP) is 2.86. The van der Waals surface area contributed by atoms with E-state index < -0.39 is 24.2 Å². The van der Waals surface area contributed by atoms with E-state index in [0.29, 0.717) is 25.9 Å². The molecule has 27 heavy (non-hydrogen) atoms. The number of carbonyl (C=O) groups is 1. The third kappa shape index (κ3) is 4.68. The van der Waals surface area contributed by atoms with Gasteiger partial charge in [0.15, 0.2) is 0 Å². The molecule has 3 rings (SSSR count). The summed E-state index contributed by atoms with van der Waals surface area (Å²) in [4.78, 5) is 18.9. The summed E-state index contributed by atoms with van der Waals surface area (Å²) < 4.78 is 39.5. The van der Waals surface area contributed by atoms with Gasteiger partial charge in [0.2, 0.25) is 5.91 Å². The smallest absolute Gasteiger partial charge is 0.345 e. The van der Waals surface area contributed by atoms with E-state index in [9.17, 15) is 18.0 Å². The molecule has 0 saturated carbocycles. The van der Waals surface area contributed by atoms with Crippen LogP contribution in [0.25, 0.3) is 0 Å². The maximum Gasteiger partial charge on any atom is 0.405 e. The molecule has 1 saturated heterocycles. The molecule has 1 atom stereocenters. The maximum absolute atomic E-state index is 12.8. The Labute approximate surface area is 156 Å². The van der Waals surface area contributed by atoms with Crippen LogP contribution in [0.1, 0.15) is 24.0 Å². The molecule has 0 bridgehead atoms. The van der Waals surface area contributed by atoms with Crippen LogP contribution >= 0.6 is 0 Å². The molecule has 1 N–H and O–H groups in total. The second-order valence-corrected chi connectivity index (χ2v) is 7.10. The molecule has 1 aliphatic heterocycles. The lowest BCUT2D eigenvalue weighted by Gasteiger charge is -2.42. The van der Waals surface area contributed by atoms with Crippen molar-refractivity contribution < 1.29 is 18.0 Å². The van der Waals surface area contributed by atoms with E-state index in [1.807, 2.05) is 25.1 Å². The molecule has 0 aliphatic carbocycles. The van der Waals surface area contributed by atoms with Crippen molar-refractivity contribution in [3.63, 3.8) is 0 Å². The molecular weight excluding hydrogens is 357 g/mol. The number of hydrogen-bond acceptors (Lipinski definition) is 3. The number of nitrogens with zero attached hydrogens (tertiary/aromatic N) is 3. The highest BCUT2D eigenvalue weighted by atomic mass is 19.4. The Morgan fingerprint density at radius 2 is 2.19 bits per heavy atom. The molecule has 1 aromatic heterocycles. The number of aryl methyl sites for hydroxylation is 1. The van der Waals surface area contributed by atoms with Gasteiger partial charge < -0.3 is 9.88 Å². The molecular formula is C19H23F3N4O. The average molecular weight is 380 g/mol. The molecule has 146 valence electrons. The fraction of sp³-hybridized carbons (Fsp3) is 0.474. The second-order valence-electron chi connectivity index (χ2n) is 7.10. The minimum atomic E-state index is -4.44. The highest BCUT2D eigenvalue weighted by Crippen LogP contribution is 2.30. The van der Waals surface area contributed by atoms with Gasteiger partial charge in [-0.05, 0) is 31.9 Å². The third-order valence-electron chi connectivity index (χ3n) is 4.91. The van der Waals surface area contributed by atoms with Gasteiger partial charge in [-0.15, -0.1) is 0 Å².